The lowest BCUT2D eigenvalue weighted by atomic mass is 10.1. The average Bonchev–Trinajstić information content (AvgIpc) is 3.14. The standard InChI is InChI=1S/C21H22N2O4S/c1-26-16-8-6-15(7-9-16)12-13-22-19(24)14-27-21(25)11-10-20-23-17-4-2-3-5-18(17)28-20/h2-9H,10-14H2,1H3,(H,22,24). The van der Waals surface area contributed by atoms with Gasteiger partial charge in [0.25, 0.3) is 5.91 Å². The number of methoxy groups -OCH3 is 1. The molecule has 146 valence electrons. The van der Waals surface area contributed by atoms with Gasteiger partial charge in [0, 0.05) is 13.0 Å². The lowest BCUT2D eigenvalue weighted by Gasteiger charge is -2.07. The minimum atomic E-state index is -0.399. The summed E-state index contributed by atoms with van der Waals surface area (Å²) < 4.78 is 11.2. The van der Waals surface area contributed by atoms with Crippen LogP contribution in [0.3, 0.4) is 0 Å². The van der Waals surface area contributed by atoms with Gasteiger partial charge in [0.15, 0.2) is 6.61 Å². The molecule has 0 saturated heterocycles. The molecule has 1 heterocycles. The number of aryl methyl sites for hydroxylation is 1. The number of amides is 1. The number of rotatable bonds is 9. The quantitative estimate of drug-likeness (QED) is 0.560. The van der Waals surface area contributed by atoms with Crippen molar-refractivity contribution < 1.29 is 19.1 Å². The molecular formula is C21H22N2O4S. The molecule has 28 heavy (non-hydrogen) atoms. The number of fused-ring (bicyclic) bond motifs is 1. The van der Waals surface area contributed by atoms with Crippen molar-refractivity contribution in [3.05, 3.63) is 59.1 Å². The molecule has 0 unspecified atom stereocenters. The minimum absolute atomic E-state index is 0.207. The van der Waals surface area contributed by atoms with E-state index in [9.17, 15) is 9.59 Å². The lowest BCUT2D eigenvalue weighted by Crippen LogP contribution is -2.30. The number of carbonyl (C=O) groups excluding carboxylic acids is 2. The van der Waals surface area contributed by atoms with E-state index in [0.29, 0.717) is 19.4 Å². The van der Waals surface area contributed by atoms with Crippen LogP contribution >= 0.6 is 11.3 Å². The Balaban J connectivity index is 1.32. The van der Waals surface area contributed by atoms with Crippen LogP contribution in [0.25, 0.3) is 10.2 Å². The van der Waals surface area contributed by atoms with Gasteiger partial charge in [-0.25, -0.2) is 4.98 Å². The highest BCUT2D eigenvalue weighted by Crippen LogP contribution is 2.22. The second kappa shape index (κ2) is 9.85. The smallest absolute Gasteiger partial charge is 0.306 e. The Kier molecular flexibility index (Phi) is 6.97. The van der Waals surface area contributed by atoms with Gasteiger partial charge in [-0.05, 0) is 36.2 Å². The van der Waals surface area contributed by atoms with Gasteiger partial charge in [-0.2, -0.15) is 0 Å². The van der Waals surface area contributed by atoms with E-state index in [1.807, 2.05) is 48.5 Å². The summed E-state index contributed by atoms with van der Waals surface area (Å²) in [5.74, 6) is 0.0944. The number of benzene rings is 2. The number of ether oxygens (including phenoxy) is 2. The molecular weight excluding hydrogens is 376 g/mol. The second-order valence-corrected chi connectivity index (χ2v) is 7.30. The van der Waals surface area contributed by atoms with Gasteiger partial charge >= 0.3 is 5.97 Å². The summed E-state index contributed by atoms with van der Waals surface area (Å²) >= 11 is 1.57. The molecule has 3 aromatic rings. The molecule has 0 radical (unpaired) electrons. The molecule has 0 spiro atoms. The minimum Gasteiger partial charge on any atom is -0.497 e. The first-order valence-electron chi connectivity index (χ1n) is 9.04. The number of nitrogens with zero attached hydrogens (tertiary/aromatic N) is 1. The van der Waals surface area contributed by atoms with Crippen LogP contribution in [0.1, 0.15) is 17.0 Å². The number of hydrogen-bond acceptors (Lipinski definition) is 6. The van der Waals surface area contributed by atoms with E-state index in [1.54, 1.807) is 18.4 Å². The van der Waals surface area contributed by atoms with Crippen molar-refractivity contribution in [2.45, 2.75) is 19.3 Å². The van der Waals surface area contributed by atoms with Crippen LogP contribution in [0, 0.1) is 0 Å². The fraction of sp³-hybridized carbons (Fsp3) is 0.286. The molecule has 0 aliphatic rings. The number of nitrogens with one attached hydrogen (secondary N) is 1. The van der Waals surface area contributed by atoms with Gasteiger partial charge in [-0.1, -0.05) is 24.3 Å². The zero-order chi connectivity index (χ0) is 19.8. The third-order valence-electron chi connectivity index (χ3n) is 4.14. The van der Waals surface area contributed by atoms with Crippen molar-refractivity contribution in [1.29, 1.82) is 0 Å². The molecule has 7 heteroatoms. The number of aromatic nitrogens is 1. The van der Waals surface area contributed by atoms with Crippen LogP contribution in [0.5, 0.6) is 5.75 Å². The molecule has 3 rings (SSSR count). The zero-order valence-electron chi connectivity index (χ0n) is 15.6. The largest absolute Gasteiger partial charge is 0.497 e. The third-order valence-corrected chi connectivity index (χ3v) is 5.24. The number of hydrogen-bond donors (Lipinski definition) is 1. The zero-order valence-corrected chi connectivity index (χ0v) is 16.5. The Morgan fingerprint density at radius 3 is 2.61 bits per heavy atom. The molecule has 0 aliphatic heterocycles. The van der Waals surface area contributed by atoms with Crippen LogP contribution in [0.15, 0.2) is 48.5 Å². The SMILES string of the molecule is COc1ccc(CCNC(=O)COC(=O)CCc2nc3ccccc3s2)cc1. The fourth-order valence-corrected chi connectivity index (χ4v) is 3.61. The molecule has 1 amide bonds. The Morgan fingerprint density at radius 2 is 1.86 bits per heavy atom. The Morgan fingerprint density at radius 1 is 1.07 bits per heavy atom. The van der Waals surface area contributed by atoms with E-state index < -0.39 is 5.97 Å². The van der Waals surface area contributed by atoms with Crippen molar-refractivity contribution in [1.82, 2.24) is 10.3 Å². The van der Waals surface area contributed by atoms with Crippen LogP contribution in [-0.2, 0) is 27.2 Å². The maximum Gasteiger partial charge on any atom is 0.306 e. The van der Waals surface area contributed by atoms with Crippen LogP contribution in [-0.4, -0.2) is 37.1 Å². The van der Waals surface area contributed by atoms with Gasteiger partial charge in [-0.15, -0.1) is 11.3 Å². The summed E-state index contributed by atoms with van der Waals surface area (Å²) in [4.78, 5) is 28.1. The van der Waals surface area contributed by atoms with Gasteiger partial charge in [0.2, 0.25) is 0 Å². The summed E-state index contributed by atoms with van der Waals surface area (Å²) in [6, 6.07) is 15.5. The Labute approximate surface area is 167 Å². The summed E-state index contributed by atoms with van der Waals surface area (Å²) in [6.07, 6.45) is 1.41. The molecule has 0 aliphatic carbocycles. The van der Waals surface area contributed by atoms with Crippen LogP contribution in [0.4, 0.5) is 0 Å². The van der Waals surface area contributed by atoms with Gasteiger partial charge in [-0.3, -0.25) is 9.59 Å². The van der Waals surface area contributed by atoms with E-state index in [0.717, 1.165) is 26.5 Å². The van der Waals surface area contributed by atoms with E-state index in [-0.39, 0.29) is 18.9 Å². The van der Waals surface area contributed by atoms with E-state index >= 15 is 0 Å². The highest BCUT2D eigenvalue weighted by Gasteiger charge is 2.10. The molecule has 0 atom stereocenters. The summed E-state index contributed by atoms with van der Waals surface area (Å²) in [5, 5.41) is 3.64. The Hall–Kier alpha value is -2.93. The van der Waals surface area contributed by atoms with Crippen molar-refractivity contribution in [3.8, 4) is 5.75 Å². The van der Waals surface area contributed by atoms with Crippen molar-refractivity contribution in [2.24, 2.45) is 0 Å². The first-order chi connectivity index (χ1) is 13.6. The predicted molar refractivity (Wildman–Crippen MR) is 109 cm³/mol. The fourth-order valence-electron chi connectivity index (χ4n) is 2.64. The monoisotopic (exact) mass is 398 g/mol. The van der Waals surface area contributed by atoms with Crippen molar-refractivity contribution in [2.75, 3.05) is 20.3 Å². The third kappa shape index (κ3) is 5.79. The number of esters is 1. The van der Waals surface area contributed by atoms with E-state index in [1.165, 1.54) is 0 Å². The number of carbonyl (C=O) groups is 2. The summed E-state index contributed by atoms with van der Waals surface area (Å²) in [7, 11) is 1.62. The molecule has 2 aromatic carbocycles. The number of thiazole rings is 1. The summed E-state index contributed by atoms with van der Waals surface area (Å²) in [5.41, 5.74) is 2.03. The van der Waals surface area contributed by atoms with Crippen LogP contribution < -0.4 is 10.1 Å². The van der Waals surface area contributed by atoms with Crippen molar-refractivity contribution >= 4 is 33.4 Å². The first-order valence-corrected chi connectivity index (χ1v) is 9.85. The maximum absolute atomic E-state index is 11.9. The molecule has 0 bridgehead atoms. The van der Waals surface area contributed by atoms with Gasteiger partial charge < -0.3 is 14.8 Å². The predicted octanol–water partition coefficient (Wildman–Crippen LogP) is 3.14. The molecule has 1 N–H and O–H groups in total. The van der Waals surface area contributed by atoms with E-state index in [2.05, 4.69) is 10.3 Å². The lowest BCUT2D eigenvalue weighted by molar-refractivity contribution is -0.148. The van der Waals surface area contributed by atoms with Gasteiger partial charge in [0.05, 0.1) is 28.8 Å². The van der Waals surface area contributed by atoms with E-state index in [4.69, 9.17) is 9.47 Å². The average molecular weight is 398 g/mol. The topological polar surface area (TPSA) is 77.5 Å². The van der Waals surface area contributed by atoms with Crippen molar-refractivity contribution in [3.63, 3.8) is 0 Å². The Bertz CT molecular complexity index is 904. The highest BCUT2D eigenvalue weighted by atomic mass is 32.1. The van der Waals surface area contributed by atoms with Gasteiger partial charge in [0.1, 0.15) is 5.75 Å². The number of para-hydroxylation sites is 1. The second-order valence-electron chi connectivity index (χ2n) is 6.18. The molecule has 1 aromatic heterocycles. The summed E-state index contributed by atoms with van der Waals surface area (Å²) in [6.45, 7) is 0.218. The molecule has 0 fully saturated rings. The first kappa shape index (κ1) is 19.8. The highest BCUT2D eigenvalue weighted by molar-refractivity contribution is 7.18. The molecule has 6 nitrogen and oxygen atoms in total. The molecule has 0 saturated carbocycles. The normalized spacial score (nSPS) is 10.6. The maximum atomic E-state index is 11.9. The van der Waals surface area contributed by atoms with Crippen LogP contribution in [0.2, 0.25) is 0 Å².